The molecule has 0 fully saturated rings. The predicted molar refractivity (Wildman–Crippen MR) is 114 cm³/mol. The molecule has 1 heterocycles. The van der Waals surface area contributed by atoms with Crippen LogP contribution in [-0.2, 0) is 0 Å². The van der Waals surface area contributed by atoms with Crippen LogP contribution in [-0.4, -0.2) is 29.2 Å². The van der Waals surface area contributed by atoms with E-state index in [0.29, 0.717) is 5.82 Å². The fourth-order valence-electron chi connectivity index (χ4n) is 2.93. The molecule has 6 nitrogen and oxygen atoms in total. The maximum absolute atomic E-state index is 12.3. The molecule has 0 radical (unpaired) electrons. The molecule has 0 saturated carbocycles. The number of hydrogen-bond donors (Lipinski definition) is 2. The van der Waals surface area contributed by atoms with E-state index in [9.17, 15) is 4.79 Å². The lowest BCUT2D eigenvalue weighted by molar-refractivity contribution is 0.102. The van der Waals surface area contributed by atoms with Crippen molar-refractivity contribution in [2.75, 3.05) is 28.6 Å². The molecule has 1 aromatic heterocycles. The third kappa shape index (κ3) is 4.85. The monoisotopic (exact) mass is 375 g/mol. The Bertz CT molecular complexity index is 918. The first-order chi connectivity index (χ1) is 13.6. The van der Waals surface area contributed by atoms with E-state index >= 15 is 0 Å². The van der Waals surface area contributed by atoms with Gasteiger partial charge in [0.05, 0.1) is 0 Å². The van der Waals surface area contributed by atoms with Crippen LogP contribution < -0.4 is 15.5 Å². The summed E-state index contributed by atoms with van der Waals surface area (Å²) in [4.78, 5) is 14.6. The van der Waals surface area contributed by atoms with Crippen LogP contribution in [0.2, 0.25) is 0 Å². The van der Waals surface area contributed by atoms with Crippen LogP contribution in [0.25, 0.3) is 0 Å². The molecule has 0 aliphatic rings. The van der Waals surface area contributed by atoms with Crippen LogP contribution in [0.1, 0.15) is 29.9 Å². The molecule has 3 aromatic rings. The molecular formula is C22H25N5O. The summed E-state index contributed by atoms with van der Waals surface area (Å²) in [5.74, 6) is 0.302. The summed E-state index contributed by atoms with van der Waals surface area (Å²) in [5, 5.41) is 14.2. The molecule has 0 aliphatic heterocycles. The first kappa shape index (κ1) is 19.4. The third-order valence-electron chi connectivity index (χ3n) is 4.44. The maximum Gasteiger partial charge on any atom is 0.276 e. The zero-order chi connectivity index (χ0) is 19.9. The second-order valence-electron chi connectivity index (χ2n) is 6.47. The van der Waals surface area contributed by atoms with Crippen LogP contribution in [0.5, 0.6) is 0 Å². The van der Waals surface area contributed by atoms with Gasteiger partial charge in [-0.2, -0.15) is 0 Å². The van der Waals surface area contributed by atoms with E-state index in [4.69, 9.17) is 0 Å². The first-order valence-electron chi connectivity index (χ1n) is 9.43. The summed E-state index contributed by atoms with van der Waals surface area (Å²) in [6, 6.07) is 19.2. The van der Waals surface area contributed by atoms with Crippen molar-refractivity contribution in [3.05, 3.63) is 71.9 Å². The smallest absolute Gasteiger partial charge is 0.276 e. The van der Waals surface area contributed by atoms with E-state index in [1.165, 1.54) is 5.69 Å². The van der Waals surface area contributed by atoms with Crippen molar-refractivity contribution in [2.24, 2.45) is 0 Å². The SMILES string of the molecule is CCN(CC)c1ccc(Nc2ccc(C(=O)Nc3cccc(C)c3)nn2)cc1. The van der Waals surface area contributed by atoms with Gasteiger partial charge in [-0.05, 0) is 74.9 Å². The summed E-state index contributed by atoms with van der Waals surface area (Å²) in [7, 11) is 0. The largest absolute Gasteiger partial charge is 0.372 e. The molecule has 0 aliphatic carbocycles. The Morgan fingerprint density at radius 1 is 0.929 bits per heavy atom. The zero-order valence-corrected chi connectivity index (χ0v) is 16.4. The maximum atomic E-state index is 12.3. The minimum Gasteiger partial charge on any atom is -0.372 e. The number of hydrogen-bond acceptors (Lipinski definition) is 5. The Kier molecular flexibility index (Phi) is 6.22. The fraction of sp³-hybridized carbons (Fsp3) is 0.227. The molecule has 3 rings (SSSR count). The molecule has 0 bridgehead atoms. The van der Waals surface area contributed by atoms with Gasteiger partial charge in [-0.25, -0.2) is 0 Å². The van der Waals surface area contributed by atoms with Crippen molar-refractivity contribution in [3.63, 3.8) is 0 Å². The number of carbonyl (C=O) groups excluding carboxylic acids is 1. The average molecular weight is 375 g/mol. The number of amides is 1. The second kappa shape index (κ2) is 8.99. The first-order valence-corrected chi connectivity index (χ1v) is 9.43. The van der Waals surface area contributed by atoms with Crippen molar-refractivity contribution in [3.8, 4) is 0 Å². The van der Waals surface area contributed by atoms with E-state index in [-0.39, 0.29) is 11.6 Å². The lowest BCUT2D eigenvalue weighted by Crippen LogP contribution is -2.21. The minimum absolute atomic E-state index is 0.268. The number of aryl methyl sites for hydroxylation is 1. The van der Waals surface area contributed by atoms with Crippen molar-refractivity contribution < 1.29 is 4.79 Å². The van der Waals surface area contributed by atoms with Gasteiger partial charge in [0, 0.05) is 30.2 Å². The Morgan fingerprint density at radius 3 is 2.29 bits per heavy atom. The third-order valence-corrected chi connectivity index (χ3v) is 4.44. The average Bonchev–Trinajstić information content (AvgIpc) is 2.71. The lowest BCUT2D eigenvalue weighted by atomic mass is 10.2. The van der Waals surface area contributed by atoms with Crippen LogP contribution in [0.4, 0.5) is 22.9 Å². The summed E-state index contributed by atoms with van der Waals surface area (Å²) >= 11 is 0. The summed E-state index contributed by atoms with van der Waals surface area (Å²) in [6.45, 7) is 8.20. The second-order valence-corrected chi connectivity index (χ2v) is 6.47. The van der Waals surface area contributed by atoms with Crippen molar-refractivity contribution in [1.29, 1.82) is 0 Å². The Balaban J connectivity index is 1.63. The highest BCUT2D eigenvalue weighted by Gasteiger charge is 2.09. The van der Waals surface area contributed by atoms with Gasteiger partial charge in [-0.15, -0.1) is 10.2 Å². The summed E-state index contributed by atoms with van der Waals surface area (Å²) in [5.41, 5.74) is 4.19. The molecule has 2 N–H and O–H groups in total. The van der Waals surface area contributed by atoms with Crippen LogP contribution >= 0.6 is 0 Å². The van der Waals surface area contributed by atoms with E-state index in [1.807, 2.05) is 43.3 Å². The van der Waals surface area contributed by atoms with E-state index in [0.717, 1.165) is 30.0 Å². The van der Waals surface area contributed by atoms with E-state index in [2.05, 4.69) is 51.7 Å². The number of aromatic nitrogens is 2. The molecule has 28 heavy (non-hydrogen) atoms. The van der Waals surface area contributed by atoms with Crippen LogP contribution in [0.15, 0.2) is 60.7 Å². The van der Waals surface area contributed by atoms with Gasteiger partial charge in [-0.3, -0.25) is 4.79 Å². The van der Waals surface area contributed by atoms with Gasteiger partial charge in [0.1, 0.15) is 0 Å². The normalized spacial score (nSPS) is 10.4. The van der Waals surface area contributed by atoms with Gasteiger partial charge >= 0.3 is 0 Å². The highest BCUT2D eigenvalue weighted by atomic mass is 16.1. The standard InChI is InChI=1S/C22H25N5O/c1-4-27(5-2)19-11-9-17(10-12-19)23-21-14-13-20(25-26-21)22(28)24-18-8-6-7-16(3)15-18/h6-15H,4-5H2,1-3H3,(H,23,26)(H,24,28). The molecule has 0 saturated heterocycles. The molecule has 6 heteroatoms. The molecule has 0 atom stereocenters. The number of anilines is 4. The quantitative estimate of drug-likeness (QED) is 0.630. The number of benzene rings is 2. The predicted octanol–water partition coefficient (Wildman–Crippen LogP) is 4.63. The summed E-state index contributed by atoms with van der Waals surface area (Å²) < 4.78 is 0. The number of rotatable bonds is 7. The summed E-state index contributed by atoms with van der Waals surface area (Å²) in [6.07, 6.45) is 0. The van der Waals surface area contributed by atoms with Crippen LogP contribution in [0.3, 0.4) is 0 Å². The molecule has 0 unspecified atom stereocenters. The Labute approximate surface area is 165 Å². The number of carbonyl (C=O) groups is 1. The Hall–Kier alpha value is -3.41. The van der Waals surface area contributed by atoms with Gasteiger partial charge < -0.3 is 15.5 Å². The highest BCUT2D eigenvalue weighted by molar-refractivity contribution is 6.02. The lowest BCUT2D eigenvalue weighted by Gasteiger charge is -2.21. The zero-order valence-electron chi connectivity index (χ0n) is 16.4. The van der Waals surface area contributed by atoms with E-state index < -0.39 is 0 Å². The fourth-order valence-corrected chi connectivity index (χ4v) is 2.93. The molecule has 144 valence electrons. The van der Waals surface area contributed by atoms with Gasteiger partial charge in [0.25, 0.3) is 5.91 Å². The number of nitrogens with zero attached hydrogens (tertiary/aromatic N) is 3. The molecule has 1 amide bonds. The van der Waals surface area contributed by atoms with E-state index in [1.54, 1.807) is 12.1 Å². The van der Waals surface area contributed by atoms with Crippen LogP contribution in [0, 0.1) is 6.92 Å². The minimum atomic E-state index is -0.284. The Morgan fingerprint density at radius 2 is 1.68 bits per heavy atom. The molecular weight excluding hydrogens is 350 g/mol. The van der Waals surface area contributed by atoms with Gasteiger partial charge in [0.15, 0.2) is 11.5 Å². The topological polar surface area (TPSA) is 70.2 Å². The van der Waals surface area contributed by atoms with Gasteiger partial charge in [0.2, 0.25) is 0 Å². The molecule has 2 aromatic carbocycles. The highest BCUT2D eigenvalue weighted by Crippen LogP contribution is 2.20. The van der Waals surface area contributed by atoms with Crippen molar-refractivity contribution in [2.45, 2.75) is 20.8 Å². The number of nitrogens with one attached hydrogen (secondary N) is 2. The molecule has 0 spiro atoms. The van der Waals surface area contributed by atoms with Crippen molar-refractivity contribution >= 4 is 28.8 Å². The van der Waals surface area contributed by atoms with Gasteiger partial charge in [-0.1, -0.05) is 12.1 Å². The van der Waals surface area contributed by atoms with Crippen molar-refractivity contribution in [1.82, 2.24) is 10.2 Å².